The Balaban J connectivity index is 2.76. The van der Waals surface area contributed by atoms with Crippen LogP contribution in [0.3, 0.4) is 0 Å². The van der Waals surface area contributed by atoms with Gasteiger partial charge in [0.1, 0.15) is 0 Å². The summed E-state index contributed by atoms with van der Waals surface area (Å²) >= 11 is 3.50. The first-order valence-electron chi connectivity index (χ1n) is 5.90. The lowest BCUT2D eigenvalue weighted by molar-refractivity contribution is -0.0167. The van der Waals surface area contributed by atoms with Crippen LogP contribution in [-0.2, 0) is 18.2 Å². The molecule has 0 aliphatic carbocycles. The molecule has 17 heavy (non-hydrogen) atoms. The van der Waals surface area contributed by atoms with Gasteiger partial charge in [-0.2, -0.15) is 5.10 Å². The minimum absolute atomic E-state index is 0.109. The van der Waals surface area contributed by atoms with E-state index in [1.165, 1.54) is 0 Å². The number of hydrogen-bond donors (Lipinski definition) is 1. The molecule has 1 heterocycles. The van der Waals surface area contributed by atoms with E-state index < -0.39 is 6.10 Å². The first-order valence-corrected chi connectivity index (χ1v) is 6.69. The highest BCUT2D eigenvalue weighted by Crippen LogP contribution is 2.23. The predicted molar refractivity (Wildman–Crippen MR) is 71.1 cm³/mol. The van der Waals surface area contributed by atoms with Crippen LogP contribution in [0.5, 0.6) is 0 Å². The Bertz CT molecular complexity index is 366. The van der Waals surface area contributed by atoms with Crippen molar-refractivity contribution in [3.8, 4) is 0 Å². The fraction of sp³-hybridized carbons (Fsp3) is 0.750. The highest BCUT2D eigenvalue weighted by atomic mass is 79.9. The lowest BCUT2D eigenvalue weighted by Crippen LogP contribution is -2.30. The van der Waals surface area contributed by atoms with Crippen molar-refractivity contribution in [1.29, 1.82) is 0 Å². The average molecular weight is 305 g/mol. The van der Waals surface area contributed by atoms with Crippen LogP contribution in [0.4, 0.5) is 0 Å². The number of aliphatic hydroxyl groups excluding tert-OH is 1. The number of aryl methyl sites for hydroxylation is 2. The van der Waals surface area contributed by atoms with Gasteiger partial charge in [0.15, 0.2) is 0 Å². The Labute approximate surface area is 111 Å². The molecule has 98 valence electrons. The standard InChI is InChI=1S/C12H21BrN2O2/c1-5-6-11(17-4)10(16)7-9-12(13)8(2)14-15(9)3/h10-11,16H,5-7H2,1-4H3. The minimum Gasteiger partial charge on any atom is -0.390 e. The van der Waals surface area contributed by atoms with Gasteiger partial charge in [-0.05, 0) is 29.3 Å². The van der Waals surface area contributed by atoms with E-state index >= 15 is 0 Å². The van der Waals surface area contributed by atoms with Gasteiger partial charge in [-0.15, -0.1) is 0 Å². The topological polar surface area (TPSA) is 47.3 Å². The summed E-state index contributed by atoms with van der Waals surface area (Å²) in [5.41, 5.74) is 1.95. The van der Waals surface area contributed by atoms with E-state index in [4.69, 9.17) is 4.74 Å². The molecule has 0 saturated carbocycles. The number of hydrogen-bond acceptors (Lipinski definition) is 3. The van der Waals surface area contributed by atoms with E-state index in [0.717, 1.165) is 28.7 Å². The van der Waals surface area contributed by atoms with Crippen molar-refractivity contribution >= 4 is 15.9 Å². The maximum Gasteiger partial charge on any atom is 0.0857 e. The second kappa shape index (κ2) is 6.52. The van der Waals surface area contributed by atoms with Crippen LogP contribution in [0, 0.1) is 6.92 Å². The molecule has 0 spiro atoms. The second-order valence-corrected chi connectivity index (χ2v) is 5.10. The van der Waals surface area contributed by atoms with E-state index in [-0.39, 0.29) is 6.10 Å². The lowest BCUT2D eigenvalue weighted by Gasteiger charge is -2.21. The Hall–Kier alpha value is -0.390. The van der Waals surface area contributed by atoms with E-state index in [0.29, 0.717) is 6.42 Å². The summed E-state index contributed by atoms with van der Waals surface area (Å²) in [7, 11) is 3.54. The first-order chi connectivity index (χ1) is 8.01. The summed E-state index contributed by atoms with van der Waals surface area (Å²) in [6, 6.07) is 0. The van der Waals surface area contributed by atoms with Gasteiger partial charge in [0, 0.05) is 20.6 Å². The van der Waals surface area contributed by atoms with Gasteiger partial charge in [-0.1, -0.05) is 13.3 Å². The van der Waals surface area contributed by atoms with Gasteiger partial charge in [0.25, 0.3) is 0 Å². The molecular weight excluding hydrogens is 284 g/mol. The molecule has 0 aromatic carbocycles. The third-order valence-corrected chi connectivity index (χ3v) is 4.00. The summed E-state index contributed by atoms with van der Waals surface area (Å²) in [4.78, 5) is 0. The number of aromatic nitrogens is 2. The fourth-order valence-electron chi connectivity index (χ4n) is 1.98. The molecule has 0 bridgehead atoms. The SMILES string of the molecule is CCCC(OC)C(O)Cc1c(Br)c(C)nn1C. The minimum atomic E-state index is -0.494. The predicted octanol–water partition coefficient (Wildman–Crippen LogP) is 2.21. The van der Waals surface area contributed by atoms with Crippen molar-refractivity contribution in [3.05, 3.63) is 15.9 Å². The molecule has 0 aliphatic heterocycles. The molecule has 1 rings (SSSR count). The number of halogens is 1. The zero-order valence-electron chi connectivity index (χ0n) is 10.9. The summed E-state index contributed by atoms with van der Waals surface area (Å²) in [5, 5.41) is 14.5. The fourth-order valence-corrected chi connectivity index (χ4v) is 2.48. The maximum absolute atomic E-state index is 10.2. The van der Waals surface area contributed by atoms with Crippen molar-refractivity contribution in [2.45, 2.75) is 45.3 Å². The molecule has 1 aromatic rings. The quantitative estimate of drug-likeness (QED) is 0.876. The number of methoxy groups -OCH3 is 1. The van der Waals surface area contributed by atoms with Gasteiger partial charge in [-0.3, -0.25) is 4.68 Å². The number of aliphatic hydroxyl groups is 1. The van der Waals surface area contributed by atoms with E-state index in [1.54, 1.807) is 11.8 Å². The molecule has 0 saturated heterocycles. The third-order valence-electron chi connectivity index (χ3n) is 2.97. The van der Waals surface area contributed by atoms with Crippen molar-refractivity contribution in [2.75, 3.05) is 7.11 Å². The van der Waals surface area contributed by atoms with Gasteiger partial charge in [0.2, 0.25) is 0 Å². The highest BCUT2D eigenvalue weighted by molar-refractivity contribution is 9.10. The number of rotatable bonds is 6. The van der Waals surface area contributed by atoms with Gasteiger partial charge in [0.05, 0.1) is 28.1 Å². The summed E-state index contributed by atoms with van der Waals surface area (Å²) < 4.78 is 8.10. The van der Waals surface area contributed by atoms with Gasteiger partial charge < -0.3 is 9.84 Å². The van der Waals surface area contributed by atoms with Crippen LogP contribution < -0.4 is 0 Å². The van der Waals surface area contributed by atoms with Crippen molar-refractivity contribution < 1.29 is 9.84 Å². The summed E-state index contributed by atoms with van der Waals surface area (Å²) in [6.07, 6.45) is 1.82. The first kappa shape index (κ1) is 14.7. The average Bonchev–Trinajstić information content (AvgIpc) is 2.52. The summed E-state index contributed by atoms with van der Waals surface area (Å²) in [5.74, 6) is 0. The molecule has 4 nitrogen and oxygen atoms in total. The molecule has 2 unspecified atom stereocenters. The van der Waals surface area contributed by atoms with Crippen LogP contribution in [0.1, 0.15) is 31.2 Å². The Kier molecular flexibility index (Phi) is 5.62. The van der Waals surface area contributed by atoms with Crippen LogP contribution in [0.2, 0.25) is 0 Å². The summed E-state index contributed by atoms with van der Waals surface area (Å²) in [6.45, 7) is 4.03. The molecular formula is C12H21BrN2O2. The molecule has 0 amide bonds. The van der Waals surface area contributed by atoms with Crippen LogP contribution in [-0.4, -0.2) is 34.2 Å². The Morgan fingerprint density at radius 2 is 2.18 bits per heavy atom. The number of nitrogens with zero attached hydrogens (tertiary/aromatic N) is 2. The normalized spacial score (nSPS) is 14.9. The zero-order chi connectivity index (χ0) is 13.0. The van der Waals surface area contributed by atoms with Crippen LogP contribution in [0.15, 0.2) is 4.47 Å². The molecule has 0 fully saturated rings. The lowest BCUT2D eigenvalue weighted by atomic mass is 10.0. The molecule has 1 aromatic heterocycles. The van der Waals surface area contributed by atoms with E-state index in [2.05, 4.69) is 28.0 Å². The maximum atomic E-state index is 10.2. The Morgan fingerprint density at radius 3 is 2.59 bits per heavy atom. The monoisotopic (exact) mass is 304 g/mol. The van der Waals surface area contributed by atoms with E-state index in [9.17, 15) is 5.11 Å². The molecule has 2 atom stereocenters. The highest BCUT2D eigenvalue weighted by Gasteiger charge is 2.22. The number of ether oxygens (including phenoxy) is 1. The van der Waals surface area contributed by atoms with E-state index in [1.807, 2.05) is 14.0 Å². The Morgan fingerprint density at radius 1 is 1.53 bits per heavy atom. The van der Waals surface area contributed by atoms with Crippen LogP contribution >= 0.6 is 15.9 Å². The van der Waals surface area contributed by atoms with Crippen LogP contribution in [0.25, 0.3) is 0 Å². The zero-order valence-corrected chi connectivity index (χ0v) is 12.5. The van der Waals surface area contributed by atoms with Crippen molar-refractivity contribution in [1.82, 2.24) is 9.78 Å². The molecule has 0 aliphatic rings. The molecule has 0 radical (unpaired) electrons. The van der Waals surface area contributed by atoms with Crippen molar-refractivity contribution in [2.24, 2.45) is 7.05 Å². The third kappa shape index (κ3) is 3.53. The molecule has 5 heteroatoms. The van der Waals surface area contributed by atoms with Gasteiger partial charge in [-0.25, -0.2) is 0 Å². The second-order valence-electron chi connectivity index (χ2n) is 4.30. The smallest absolute Gasteiger partial charge is 0.0857 e. The largest absolute Gasteiger partial charge is 0.390 e. The van der Waals surface area contributed by atoms with Crippen molar-refractivity contribution in [3.63, 3.8) is 0 Å². The molecule has 1 N–H and O–H groups in total. The van der Waals surface area contributed by atoms with Gasteiger partial charge >= 0.3 is 0 Å².